The third-order valence-corrected chi connectivity index (χ3v) is 5.58. The van der Waals surface area contributed by atoms with Crippen LogP contribution in [0.3, 0.4) is 0 Å². The summed E-state index contributed by atoms with van der Waals surface area (Å²) in [5.41, 5.74) is 1.07. The van der Waals surface area contributed by atoms with E-state index in [0.717, 1.165) is 56.8 Å². The van der Waals surface area contributed by atoms with Gasteiger partial charge >= 0.3 is 0 Å². The van der Waals surface area contributed by atoms with E-state index in [2.05, 4.69) is 26.3 Å². The highest BCUT2D eigenvalue weighted by Crippen LogP contribution is 2.31. The van der Waals surface area contributed by atoms with Gasteiger partial charge in [0.15, 0.2) is 0 Å². The van der Waals surface area contributed by atoms with Crippen LogP contribution in [0.1, 0.15) is 37.3 Å². The largest absolute Gasteiger partial charge is 0.381 e. The fourth-order valence-corrected chi connectivity index (χ4v) is 4.17. The summed E-state index contributed by atoms with van der Waals surface area (Å²) in [4.78, 5) is 24.1. The summed E-state index contributed by atoms with van der Waals surface area (Å²) >= 11 is 0. The molecule has 2 aromatic rings. The number of anilines is 1. The average molecular weight is 366 g/mol. The van der Waals surface area contributed by atoms with Crippen LogP contribution >= 0.6 is 0 Å². The van der Waals surface area contributed by atoms with Gasteiger partial charge in [-0.2, -0.15) is 0 Å². The fourth-order valence-electron chi connectivity index (χ4n) is 4.17. The predicted molar refractivity (Wildman–Crippen MR) is 103 cm³/mol. The topological polar surface area (TPSA) is 67.3 Å². The lowest BCUT2D eigenvalue weighted by molar-refractivity contribution is -0.123. The van der Waals surface area contributed by atoms with Crippen molar-refractivity contribution in [3.05, 3.63) is 54.5 Å². The first-order valence-corrected chi connectivity index (χ1v) is 9.78. The monoisotopic (exact) mass is 366 g/mol. The third-order valence-electron chi connectivity index (χ3n) is 5.58. The zero-order chi connectivity index (χ0) is 18.5. The number of amides is 1. The third kappa shape index (κ3) is 4.11. The summed E-state index contributed by atoms with van der Waals surface area (Å²) in [5.74, 6) is 1.33. The van der Waals surface area contributed by atoms with Crippen LogP contribution in [-0.4, -0.2) is 41.7 Å². The van der Waals surface area contributed by atoms with Crippen molar-refractivity contribution in [1.82, 2.24) is 15.3 Å². The van der Waals surface area contributed by atoms with Gasteiger partial charge in [0, 0.05) is 38.3 Å². The normalized spacial score (nSPS) is 21.8. The van der Waals surface area contributed by atoms with Gasteiger partial charge in [-0.05, 0) is 55.4 Å². The number of hydrogen-bond acceptors (Lipinski definition) is 5. The SMILES string of the molecule is O=C(NC(c1cccnc1)C1CCOCC1)C1CCCN1c1ccccn1. The van der Waals surface area contributed by atoms with Gasteiger partial charge in [0.05, 0.1) is 6.04 Å². The molecule has 2 aliphatic heterocycles. The van der Waals surface area contributed by atoms with Crippen LogP contribution in [0.25, 0.3) is 0 Å². The van der Waals surface area contributed by atoms with Gasteiger partial charge in [0.25, 0.3) is 0 Å². The molecule has 0 aromatic carbocycles. The van der Waals surface area contributed by atoms with Gasteiger partial charge in [0.1, 0.15) is 11.9 Å². The molecule has 2 fully saturated rings. The Morgan fingerprint density at radius 1 is 1.15 bits per heavy atom. The molecule has 6 heteroatoms. The van der Waals surface area contributed by atoms with Gasteiger partial charge in [-0.15, -0.1) is 0 Å². The van der Waals surface area contributed by atoms with Crippen molar-refractivity contribution in [2.45, 2.75) is 37.8 Å². The van der Waals surface area contributed by atoms with Crippen molar-refractivity contribution < 1.29 is 9.53 Å². The molecule has 0 saturated carbocycles. The lowest BCUT2D eigenvalue weighted by atomic mass is 9.87. The lowest BCUT2D eigenvalue weighted by Crippen LogP contribution is -2.46. The highest BCUT2D eigenvalue weighted by molar-refractivity contribution is 5.86. The van der Waals surface area contributed by atoms with E-state index in [1.165, 1.54) is 0 Å². The number of nitrogens with one attached hydrogen (secondary N) is 1. The van der Waals surface area contributed by atoms with E-state index in [1.807, 2.05) is 30.5 Å². The Hall–Kier alpha value is -2.47. The molecule has 142 valence electrons. The molecule has 2 saturated heterocycles. The zero-order valence-corrected chi connectivity index (χ0v) is 15.5. The van der Waals surface area contributed by atoms with Crippen molar-refractivity contribution in [1.29, 1.82) is 0 Å². The first-order chi connectivity index (χ1) is 13.3. The molecule has 0 radical (unpaired) electrons. The molecule has 1 amide bonds. The van der Waals surface area contributed by atoms with Gasteiger partial charge in [-0.25, -0.2) is 4.98 Å². The molecule has 2 aromatic heterocycles. The molecule has 0 aliphatic carbocycles. The van der Waals surface area contributed by atoms with Crippen LogP contribution in [0.2, 0.25) is 0 Å². The standard InChI is InChI=1S/C21H26N4O2/c26-21(18-6-4-12-25(18)19-7-1-2-11-23-19)24-20(16-8-13-27-14-9-16)17-5-3-10-22-15-17/h1-3,5,7,10-11,15-16,18,20H,4,6,8-9,12-14H2,(H,24,26). The average Bonchev–Trinajstić information content (AvgIpc) is 3.24. The molecule has 6 nitrogen and oxygen atoms in total. The summed E-state index contributed by atoms with van der Waals surface area (Å²) in [6.07, 6.45) is 9.18. The summed E-state index contributed by atoms with van der Waals surface area (Å²) in [5, 5.41) is 3.34. The molecule has 2 aliphatic rings. The van der Waals surface area contributed by atoms with Crippen LogP contribution in [-0.2, 0) is 9.53 Å². The molecule has 27 heavy (non-hydrogen) atoms. The second-order valence-corrected chi connectivity index (χ2v) is 7.26. The van der Waals surface area contributed by atoms with Crippen molar-refractivity contribution in [2.75, 3.05) is 24.7 Å². The quantitative estimate of drug-likeness (QED) is 0.881. The van der Waals surface area contributed by atoms with Crippen molar-refractivity contribution in [2.24, 2.45) is 5.92 Å². The molecular formula is C21H26N4O2. The van der Waals surface area contributed by atoms with Gasteiger partial charge in [-0.1, -0.05) is 12.1 Å². The molecule has 2 atom stereocenters. The summed E-state index contributed by atoms with van der Waals surface area (Å²) < 4.78 is 5.52. The second-order valence-electron chi connectivity index (χ2n) is 7.26. The summed E-state index contributed by atoms with van der Waals surface area (Å²) in [6.45, 7) is 2.37. The van der Waals surface area contributed by atoms with Crippen molar-refractivity contribution in [3.63, 3.8) is 0 Å². The minimum Gasteiger partial charge on any atom is -0.381 e. The highest BCUT2D eigenvalue weighted by Gasteiger charge is 2.35. The number of pyridine rings is 2. The van der Waals surface area contributed by atoms with E-state index >= 15 is 0 Å². The molecule has 4 heterocycles. The highest BCUT2D eigenvalue weighted by atomic mass is 16.5. The van der Waals surface area contributed by atoms with Gasteiger partial charge in [-0.3, -0.25) is 9.78 Å². The van der Waals surface area contributed by atoms with E-state index < -0.39 is 0 Å². The van der Waals surface area contributed by atoms with Crippen LogP contribution in [0.4, 0.5) is 5.82 Å². The molecular weight excluding hydrogens is 340 g/mol. The number of carbonyl (C=O) groups excluding carboxylic acids is 1. The smallest absolute Gasteiger partial charge is 0.243 e. The minimum absolute atomic E-state index is 0.0266. The molecule has 1 N–H and O–H groups in total. The van der Waals surface area contributed by atoms with E-state index in [9.17, 15) is 4.79 Å². The molecule has 4 rings (SSSR count). The fraction of sp³-hybridized carbons (Fsp3) is 0.476. The number of carbonyl (C=O) groups is 1. The maximum absolute atomic E-state index is 13.2. The van der Waals surface area contributed by atoms with Gasteiger partial charge in [0.2, 0.25) is 5.91 Å². The predicted octanol–water partition coefficient (Wildman–Crippen LogP) is 2.73. The first kappa shape index (κ1) is 17.9. The Labute approximate surface area is 160 Å². The molecule has 2 unspecified atom stereocenters. The van der Waals surface area contributed by atoms with E-state index in [-0.39, 0.29) is 18.0 Å². The Bertz CT molecular complexity index is 734. The Balaban J connectivity index is 1.52. The first-order valence-electron chi connectivity index (χ1n) is 9.78. The Morgan fingerprint density at radius 2 is 2.04 bits per heavy atom. The van der Waals surface area contributed by atoms with Crippen molar-refractivity contribution in [3.8, 4) is 0 Å². The van der Waals surface area contributed by atoms with E-state index in [4.69, 9.17) is 4.74 Å². The van der Waals surface area contributed by atoms with E-state index in [0.29, 0.717) is 5.92 Å². The maximum Gasteiger partial charge on any atom is 0.243 e. The Kier molecular flexibility index (Phi) is 5.63. The molecule has 0 spiro atoms. The lowest BCUT2D eigenvalue weighted by Gasteiger charge is -2.33. The summed E-state index contributed by atoms with van der Waals surface area (Å²) in [7, 11) is 0. The summed E-state index contributed by atoms with van der Waals surface area (Å²) in [6, 6.07) is 9.64. The van der Waals surface area contributed by atoms with Crippen LogP contribution in [0.5, 0.6) is 0 Å². The number of aromatic nitrogens is 2. The van der Waals surface area contributed by atoms with E-state index in [1.54, 1.807) is 12.4 Å². The number of ether oxygens (including phenoxy) is 1. The second kappa shape index (κ2) is 8.48. The van der Waals surface area contributed by atoms with Crippen LogP contribution < -0.4 is 10.2 Å². The number of rotatable bonds is 5. The van der Waals surface area contributed by atoms with Crippen LogP contribution in [0, 0.1) is 5.92 Å². The zero-order valence-electron chi connectivity index (χ0n) is 15.5. The van der Waals surface area contributed by atoms with Gasteiger partial charge < -0.3 is 15.0 Å². The van der Waals surface area contributed by atoms with Crippen LogP contribution in [0.15, 0.2) is 48.9 Å². The number of hydrogen-bond donors (Lipinski definition) is 1. The maximum atomic E-state index is 13.2. The van der Waals surface area contributed by atoms with Crippen molar-refractivity contribution >= 4 is 11.7 Å². The minimum atomic E-state index is -0.168. The molecule has 0 bridgehead atoms. The Morgan fingerprint density at radius 3 is 2.78 bits per heavy atom. The number of nitrogens with zero attached hydrogens (tertiary/aromatic N) is 3.